The number of methoxy groups -OCH3 is 3. The Labute approximate surface area is 177 Å². The summed E-state index contributed by atoms with van der Waals surface area (Å²) in [6, 6.07) is 8.03. The van der Waals surface area contributed by atoms with Gasteiger partial charge < -0.3 is 24.0 Å². The maximum atomic E-state index is 12.1. The molecule has 0 radical (unpaired) electrons. The van der Waals surface area contributed by atoms with Gasteiger partial charge in [-0.15, -0.1) is 0 Å². The third-order valence-electron chi connectivity index (χ3n) is 5.20. The summed E-state index contributed by atoms with van der Waals surface area (Å²) in [6.07, 6.45) is 0.696. The van der Waals surface area contributed by atoms with Gasteiger partial charge in [-0.25, -0.2) is 9.97 Å². The van der Waals surface area contributed by atoms with Gasteiger partial charge in [0.25, 0.3) is 0 Å². The summed E-state index contributed by atoms with van der Waals surface area (Å²) in [5.41, 5.74) is 3.11. The van der Waals surface area contributed by atoms with Crippen LogP contribution in [-0.2, 0) is 27.3 Å². The first-order valence-corrected chi connectivity index (χ1v) is 10.1. The second-order valence-electron chi connectivity index (χ2n) is 7.28. The first-order chi connectivity index (χ1) is 14.5. The number of aromatic nitrogens is 2. The van der Waals surface area contributed by atoms with E-state index in [-0.39, 0.29) is 12.5 Å². The molecule has 1 amide bonds. The summed E-state index contributed by atoms with van der Waals surface area (Å²) >= 11 is 0. The fourth-order valence-corrected chi connectivity index (χ4v) is 3.67. The van der Waals surface area contributed by atoms with Crippen molar-refractivity contribution >= 4 is 11.7 Å². The highest BCUT2D eigenvalue weighted by Gasteiger charge is 2.25. The van der Waals surface area contributed by atoms with E-state index in [4.69, 9.17) is 19.2 Å². The van der Waals surface area contributed by atoms with Crippen molar-refractivity contribution in [1.82, 2.24) is 14.9 Å². The van der Waals surface area contributed by atoms with E-state index < -0.39 is 0 Å². The Morgan fingerprint density at radius 2 is 1.70 bits per heavy atom. The van der Waals surface area contributed by atoms with E-state index in [9.17, 15) is 4.79 Å². The molecule has 1 fully saturated rings. The molecule has 1 aliphatic rings. The fourth-order valence-electron chi connectivity index (χ4n) is 3.67. The van der Waals surface area contributed by atoms with Gasteiger partial charge in [-0.3, -0.25) is 4.79 Å². The SMILES string of the molecule is COCC(=O)N1CCN(c2nc(C)nc(COC)c2Cc2ccc(OC)cc2)CC1. The molecule has 0 spiro atoms. The maximum Gasteiger partial charge on any atom is 0.248 e. The van der Waals surface area contributed by atoms with Gasteiger partial charge >= 0.3 is 0 Å². The van der Waals surface area contributed by atoms with E-state index >= 15 is 0 Å². The minimum atomic E-state index is 0.0227. The topological polar surface area (TPSA) is 77.0 Å². The highest BCUT2D eigenvalue weighted by atomic mass is 16.5. The van der Waals surface area contributed by atoms with Crippen LogP contribution in [0.3, 0.4) is 0 Å². The predicted octanol–water partition coefficient (Wildman–Crippen LogP) is 1.83. The van der Waals surface area contributed by atoms with Gasteiger partial charge in [0.15, 0.2) is 0 Å². The molecule has 8 heteroatoms. The van der Waals surface area contributed by atoms with Crippen LogP contribution in [0.5, 0.6) is 5.75 Å². The molecule has 0 saturated carbocycles. The quantitative estimate of drug-likeness (QED) is 0.652. The molecule has 0 aliphatic carbocycles. The molecule has 1 aliphatic heterocycles. The molecular weight excluding hydrogens is 384 g/mol. The van der Waals surface area contributed by atoms with Crippen LogP contribution in [-0.4, -0.2) is 74.9 Å². The molecule has 1 aromatic carbocycles. The minimum Gasteiger partial charge on any atom is -0.497 e. The van der Waals surface area contributed by atoms with Crippen LogP contribution in [0.1, 0.15) is 22.6 Å². The number of carbonyl (C=O) groups is 1. The van der Waals surface area contributed by atoms with Gasteiger partial charge in [0.05, 0.1) is 19.4 Å². The van der Waals surface area contributed by atoms with E-state index in [2.05, 4.69) is 22.0 Å². The average Bonchev–Trinajstić information content (AvgIpc) is 2.76. The number of hydrogen-bond acceptors (Lipinski definition) is 7. The standard InChI is InChI=1S/C22H30N4O4/c1-16-23-20(14-28-2)19(13-17-5-7-18(30-4)8-6-17)22(24-16)26-11-9-25(10-12-26)21(27)15-29-3/h5-8H,9-15H2,1-4H3. The Bertz CT molecular complexity index is 849. The Kier molecular flexibility index (Phi) is 7.59. The molecule has 0 N–H and O–H groups in total. The highest BCUT2D eigenvalue weighted by molar-refractivity contribution is 5.77. The van der Waals surface area contributed by atoms with Gasteiger partial charge in [-0.1, -0.05) is 12.1 Å². The lowest BCUT2D eigenvalue weighted by Crippen LogP contribution is -2.50. The molecule has 3 rings (SSSR count). The summed E-state index contributed by atoms with van der Waals surface area (Å²) in [5.74, 6) is 2.49. The second kappa shape index (κ2) is 10.4. The van der Waals surface area contributed by atoms with Crippen molar-refractivity contribution < 1.29 is 19.0 Å². The van der Waals surface area contributed by atoms with Gasteiger partial charge in [-0.05, 0) is 24.6 Å². The van der Waals surface area contributed by atoms with E-state index in [1.807, 2.05) is 24.0 Å². The zero-order valence-electron chi connectivity index (χ0n) is 18.2. The minimum absolute atomic E-state index is 0.0227. The maximum absolute atomic E-state index is 12.1. The van der Waals surface area contributed by atoms with Crippen LogP contribution in [0.15, 0.2) is 24.3 Å². The third kappa shape index (κ3) is 5.25. The number of ether oxygens (including phenoxy) is 3. The van der Waals surface area contributed by atoms with Crippen LogP contribution in [0, 0.1) is 6.92 Å². The Balaban J connectivity index is 1.86. The van der Waals surface area contributed by atoms with Gasteiger partial charge in [0, 0.05) is 52.4 Å². The summed E-state index contributed by atoms with van der Waals surface area (Å²) in [6.45, 7) is 5.17. The van der Waals surface area contributed by atoms with Crippen LogP contribution in [0.4, 0.5) is 5.82 Å². The number of carbonyl (C=O) groups excluding carboxylic acids is 1. The highest BCUT2D eigenvalue weighted by Crippen LogP contribution is 2.26. The van der Waals surface area contributed by atoms with Crippen molar-refractivity contribution in [3.63, 3.8) is 0 Å². The predicted molar refractivity (Wildman–Crippen MR) is 114 cm³/mol. The second-order valence-corrected chi connectivity index (χ2v) is 7.28. The molecule has 2 aromatic rings. The number of rotatable bonds is 8. The van der Waals surface area contributed by atoms with E-state index in [1.165, 1.54) is 0 Å². The molecule has 0 bridgehead atoms. The monoisotopic (exact) mass is 414 g/mol. The fraction of sp³-hybridized carbons (Fsp3) is 0.500. The average molecular weight is 415 g/mol. The lowest BCUT2D eigenvalue weighted by molar-refractivity contribution is -0.135. The first kappa shape index (κ1) is 22.0. The molecule has 2 heterocycles. The third-order valence-corrected chi connectivity index (χ3v) is 5.20. The smallest absolute Gasteiger partial charge is 0.248 e. The summed E-state index contributed by atoms with van der Waals surface area (Å²) in [7, 11) is 4.88. The first-order valence-electron chi connectivity index (χ1n) is 10.1. The number of piperazine rings is 1. The number of benzene rings is 1. The van der Waals surface area contributed by atoms with Crippen molar-refractivity contribution in [2.75, 3.05) is 59.0 Å². The van der Waals surface area contributed by atoms with Crippen LogP contribution < -0.4 is 9.64 Å². The lowest BCUT2D eigenvalue weighted by Gasteiger charge is -2.36. The summed E-state index contributed by atoms with van der Waals surface area (Å²) < 4.78 is 15.7. The van der Waals surface area contributed by atoms with Gasteiger partial charge in [0.1, 0.15) is 24.0 Å². The number of hydrogen-bond donors (Lipinski definition) is 0. The van der Waals surface area contributed by atoms with Crippen molar-refractivity contribution in [1.29, 1.82) is 0 Å². The molecular formula is C22H30N4O4. The van der Waals surface area contributed by atoms with Crippen molar-refractivity contribution in [2.45, 2.75) is 20.0 Å². The zero-order chi connectivity index (χ0) is 21.5. The molecule has 1 aromatic heterocycles. The molecule has 8 nitrogen and oxygen atoms in total. The molecule has 162 valence electrons. The number of nitrogens with zero attached hydrogens (tertiary/aromatic N) is 4. The van der Waals surface area contributed by atoms with E-state index in [0.717, 1.165) is 28.4 Å². The molecule has 0 unspecified atom stereocenters. The Hall–Kier alpha value is -2.71. The normalized spacial score (nSPS) is 14.1. The molecule has 30 heavy (non-hydrogen) atoms. The van der Waals surface area contributed by atoms with Crippen molar-refractivity contribution in [3.8, 4) is 5.75 Å². The molecule has 1 saturated heterocycles. The summed E-state index contributed by atoms with van der Waals surface area (Å²) in [4.78, 5) is 25.6. The largest absolute Gasteiger partial charge is 0.497 e. The van der Waals surface area contributed by atoms with Crippen LogP contribution >= 0.6 is 0 Å². The Morgan fingerprint density at radius 3 is 2.30 bits per heavy atom. The van der Waals surface area contributed by atoms with Gasteiger partial charge in [0.2, 0.25) is 5.91 Å². The van der Waals surface area contributed by atoms with E-state index in [0.29, 0.717) is 45.0 Å². The number of aryl methyl sites for hydroxylation is 1. The van der Waals surface area contributed by atoms with Gasteiger partial charge in [-0.2, -0.15) is 0 Å². The summed E-state index contributed by atoms with van der Waals surface area (Å²) in [5, 5.41) is 0. The van der Waals surface area contributed by atoms with E-state index in [1.54, 1.807) is 21.3 Å². The lowest BCUT2D eigenvalue weighted by atomic mass is 10.0. The van der Waals surface area contributed by atoms with Crippen molar-refractivity contribution in [3.05, 3.63) is 46.9 Å². The van der Waals surface area contributed by atoms with Crippen LogP contribution in [0.25, 0.3) is 0 Å². The zero-order valence-corrected chi connectivity index (χ0v) is 18.2. The van der Waals surface area contributed by atoms with Crippen molar-refractivity contribution in [2.24, 2.45) is 0 Å². The molecule has 0 atom stereocenters. The number of amides is 1. The van der Waals surface area contributed by atoms with Crippen LogP contribution in [0.2, 0.25) is 0 Å². The number of anilines is 1. The Morgan fingerprint density at radius 1 is 1.00 bits per heavy atom.